The van der Waals surface area contributed by atoms with Gasteiger partial charge in [0.2, 0.25) is 0 Å². The number of nitro benzene ring substituents is 1. The molecule has 0 radical (unpaired) electrons. The van der Waals surface area contributed by atoms with E-state index in [2.05, 4.69) is 20.2 Å². The molecule has 1 N–H and O–H groups in total. The van der Waals surface area contributed by atoms with Gasteiger partial charge in [0.05, 0.1) is 22.2 Å². The molecule has 1 aliphatic heterocycles. The molecular formula is C14H18ClN5O2. The minimum Gasteiger partial charge on any atom is -0.355 e. The number of non-ortho nitro benzene ring substituents is 1. The zero-order valence-electron chi connectivity index (χ0n) is 12.2. The number of anilines is 1. The summed E-state index contributed by atoms with van der Waals surface area (Å²) in [6.45, 7) is 2.03. The molecule has 118 valence electrons. The maximum atomic E-state index is 10.8. The van der Waals surface area contributed by atoms with Crippen molar-refractivity contribution >= 4 is 34.9 Å². The van der Waals surface area contributed by atoms with Gasteiger partial charge >= 0.3 is 0 Å². The van der Waals surface area contributed by atoms with Crippen molar-refractivity contribution in [1.29, 1.82) is 0 Å². The van der Waals surface area contributed by atoms with E-state index in [9.17, 15) is 10.1 Å². The molecule has 0 aliphatic carbocycles. The van der Waals surface area contributed by atoms with Crippen molar-refractivity contribution in [2.75, 3.05) is 25.0 Å². The fourth-order valence-electron chi connectivity index (χ4n) is 2.65. The lowest BCUT2D eigenvalue weighted by Gasteiger charge is -2.32. The van der Waals surface area contributed by atoms with E-state index in [1.54, 1.807) is 12.3 Å². The first kappa shape index (κ1) is 16.4. The van der Waals surface area contributed by atoms with Crippen LogP contribution in [0.4, 0.5) is 11.5 Å². The van der Waals surface area contributed by atoms with E-state index in [0.29, 0.717) is 17.1 Å². The normalized spacial score (nSPS) is 15.3. The number of nitro groups is 1. The monoisotopic (exact) mass is 323 g/mol. The average Bonchev–Trinajstić information content (AvgIpc) is 2.54. The third-order valence-corrected chi connectivity index (χ3v) is 3.94. The lowest BCUT2D eigenvalue weighted by Crippen LogP contribution is -2.41. The molecule has 0 spiro atoms. The predicted octanol–water partition coefficient (Wildman–Crippen LogP) is 2.15. The van der Waals surface area contributed by atoms with Gasteiger partial charge in [0.25, 0.3) is 5.69 Å². The van der Waals surface area contributed by atoms with Gasteiger partial charge in [-0.2, -0.15) is 0 Å². The summed E-state index contributed by atoms with van der Waals surface area (Å²) >= 11 is 0. The van der Waals surface area contributed by atoms with Gasteiger partial charge < -0.3 is 10.2 Å². The van der Waals surface area contributed by atoms with Crippen LogP contribution < -0.4 is 10.2 Å². The largest absolute Gasteiger partial charge is 0.355 e. The number of nitrogens with one attached hydrogen (secondary N) is 1. The van der Waals surface area contributed by atoms with Gasteiger partial charge in [-0.1, -0.05) is 0 Å². The zero-order chi connectivity index (χ0) is 14.8. The Hall–Kier alpha value is -1.99. The maximum Gasteiger partial charge on any atom is 0.271 e. The van der Waals surface area contributed by atoms with Gasteiger partial charge in [0, 0.05) is 25.2 Å². The molecule has 22 heavy (non-hydrogen) atoms. The molecular weight excluding hydrogens is 306 g/mol. The maximum absolute atomic E-state index is 10.8. The average molecular weight is 324 g/mol. The van der Waals surface area contributed by atoms with Crippen LogP contribution in [0, 0.1) is 10.1 Å². The van der Waals surface area contributed by atoms with E-state index in [-0.39, 0.29) is 18.1 Å². The molecule has 1 aromatic heterocycles. The second kappa shape index (κ2) is 6.85. The molecule has 2 aromatic rings. The van der Waals surface area contributed by atoms with E-state index < -0.39 is 4.92 Å². The van der Waals surface area contributed by atoms with Crippen LogP contribution in [-0.2, 0) is 0 Å². The Morgan fingerprint density at radius 2 is 2.05 bits per heavy atom. The van der Waals surface area contributed by atoms with E-state index in [0.717, 1.165) is 31.7 Å². The first-order valence-electron chi connectivity index (χ1n) is 7.00. The quantitative estimate of drug-likeness (QED) is 0.688. The van der Waals surface area contributed by atoms with Crippen molar-refractivity contribution < 1.29 is 4.92 Å². The van der Waals surface area contributed by atoms with Crippen LogP contribution in [-0.4, -0.2) is 41.1 Å². The number of hydrogen-bond donors (Lipinski definition) is 1. The number of halogens is 1. The Labute approximate surface area is 134 Å². The lowest BCUT2D eigenvalue weighted by molar-refractivity contribution is -0.384. The molecule has 3 rings (SSSR count). The van der Waals surface area contributed by atoms with Crippen molar-refractivity contribution in [1.82, 2.24) is 15.3 Å². The molecule has 0 saturated carbocycles. The van der Waals surface area contributed by atoms with Gasteiger partial charge in [-0.05, 0) is 32.0 Å². The van der Waals surface area contributed by atoms with Gasteiger partial charge in [0.15, 0.2) is 0 Å². The summed E-state index contributed by atoms with van der Waals surface area (Å²) < 4.78 is 0. The number of hydrogen-bond acceptors (Lipinski definition) is 6. The number of nitrogens with zero attached hydrogens (tertiary/aromatic N) is 4. The number of benzene rings is 1. The minimum atomic E-state index is -0.420. The minimum absolute atomic E-state index is 0. The SMILES string of the molecule is CN(c1cnc2cc([N+](=O)[O-])ccc2n1)C1CCNCC1.Cl. The first-order valence-corrected chi connectivity index (χ1v) is 7.00. The van der Waals surface area contributed by atoms with Crippen LogP contribution in [0.15, 0.2) is 24.4 Å². The molecule has 0 bridgehead atoms. The van der Waals surface area contributed by atoms with Crippen LogP contribution in [0.5, 0.6) is 0 Å². The fraction of sp³-hybridized carbons (Fsp3) is 0.429. The summed E-state index contributed by atoms with van der Waals surface area (Å²) in [7, 11) is 2.03. The standard InChI is InChI=1S/C14H17N5O2.ClH/c1-18(10-4-6-15-7-5-10)14-9-16-13-8-11(19(20)21)2-3-12(13)17-14;/h2-3,8-10,15H,4-7H2,1H3;1H. The highest BCUT2D eigenvalue weighted by molar-refractivity contribution is 5.85. The number of piperidine rings is 1. The van der Waals surface area contributed by atoms with Crippen molar-refractivity contribution in [2.45, 2.75) is 18.9 Å². The fourth-order valence-corrected chi connectivity index (χ4v) is 2.65. The summed E-state index contributed by atoms with van der Waals surface area (Å²) in [4.78, 5) is 21.4. The topological polar surface area (TPSA) is 84.2 Å². The van der Waals surface area contributed by atoms with Gasteiger partial charge in [-0.15, -0.1) is 12.4 Å². The van der Waals surface area contributed by atoms with Gasteiger partial charge in [-0.3, -0.25) is 15.1 Å². The summed E-state index contributed by atoms with van der Waals surface area (Å²) in [6.07, 6.45) is 3.85. The molecule has 1 saturated heterocycles. The zero-order valence-corrected chi connectivity index (χ0v) is 13.0. The Balaban J connectivity index is 0.00000176. The second-order valence-electron chi connectivity index (χ2n) is 5.25. The Bertz CT molecular complexity index is 675. The smallest absolute Gasteiger partial charge is 0.271 e. The first-order chi connectivity index (χ1) is 10.1. The van der Waals surface area contributed by atoms with E-state index >= 15 is 0 Å². The van der Waals surface area contributed by atoms with Crippen molar-refractivity contribution in [3.8, 4) is 0 Å². The molecule has 7 nitrogen and oxygen atoms in total. The van der Waals surface area contributed by atoms with Crippen molar-refractivity contribution in [2.24, 2.45) is 0 Å². The van der Waals surface area contributed by atoms with Crippen LogP contribution in [0.1, 0.15) is 12.8 Å². The van der Waals surface area contributed by atoms with Crippen LogP contribution >= 0.6 is 12.4 Å². The Morgan fingerprint density at radius 3 is 2.73 bits per heavy atom. The van der Waals surface area contributed by atoms with Crippen molar-refractivity contribution in [3.05, 3.63) is 34.5 Å². The van der Waals surface area contributed by atoms with Crippen LogP contribution in [0.2, 0.25) is 0 Å². The molecule has 0 atom stereocenters. The highest BCUT2D eigenvalue weighted by atomic mass is 35.5. The molecule has 8 heteroatoms. The summed E-state index contributed by atoms with van der Waals surface area (Å²) in [5.74, 6) is 0.809. The van der Waals surface area contributed by atoms with Gasteiger partial charge in [-0.25, -0.2) is 4.98 Å². The summed E-state index contributed by atoms with van der Waals surface area (Å²) in [6, 6.07) is 5.03. The Kier molecular flexibility index (Phi) is 5.10. The van der Waals surface area contributed by atoms with E-state index in [1.165, 1.54) is 12.1 Å². The second-order valence-corrected chi connectivity index (χ2v) is 5.25. The number of rotatable bonds is 3. The third-order valence-electron chi connectivity index (χ3n) is 3.94. The molecule has 0 amide bonds. The number of fused-ring (bicyclic) bond motifs is 1. The van der Waals surface area contributed by atoms with Crippen LogP contribution in [0.3, 0.4) is 0 Å². The lowest BCUT2D eigenvalue weighted by atomic mass is 10.1. The van der Waals surface area contributed by atoms with E-state index in [4.69, 9.17) is 0 Å². The van der Waals surface area contributed by atoms with E-state index in [1.807, 2.05) is 7.05 Å². The molecule has 0 unspecified atom stereocenters. The molecule has 1 aliphatic rings. The predicted molar refractivity (Wildman–Crippen MR) is 87.7 cm³/mol. The number of aromatic nitrogens is 2. The van der Waals surface area contributed by atoms with Crippen LogP contribution in [0.25, 0.3) is 11.0 Å². The molecule has 1 fully saturated rings. The summed E-state index contributed by atoms with van der Waals surface area (Å²) in [5.41, 5.74) is 1.27. The highest BCUT2D eigenvalue weighted by Gasteiger charge is 2.19. The van der Waals surface area contributed by atoms with Gasteiger partial charge in [0.1, 0.15) is 5.82 Å². The molecule has 1 aromatic carbocycles. The highest BCUT2D eigenvalue weighted by Crippen LogP contribution is 2.22. The van der Waals surface area contributed by atoms with Crippen molar-refractivity contribution in [3.63, 3.8) is 0 Å². The summed E-state index contributed by atoms with van der Waals surface area (Å²) in [5, 5.41) is 14.1. The molecule has 2 heterocycles. The Morgan fingerprint density at radius 1 is 1.32 bits per heavy atom. The third kappa shape index (κ3) is 3.26.